The fourth-order valence-electron chi connectivity index (χ4n) is 2.86. The Bertz CT molecular complexity index is 1210. The summed E-state index contributed by atoms with van der Waals surface area (Å²) in [6, 6.07) is 11.1. The average Bonchev–Trinajstić information content (AvgIpc) is 3.24. The Hall–Kier alpha value is -2.83. The van der Waals surface area contributed by atoms with E-state index in [-0.39, 0.29) is 16.3 Å². The molecule has 0 aliphatic carbocycles. The number of methoxy groups -OCH3 is 2. The molecular formula is C21H24N4O5S3. The van der Waals surface area contributed by atoms with Crippen molar-refractivity contribution in [3.63, 3.8) is 0 Å². The molecule has 1 N–H and O–H groups in total. The fourth-order valence-corrected chi connectivity index (χ4v) is 5.95. The van der Waals surface area contributed by atoms with Crippen LogP contribution in [0.25, 0.3) is 0 Å². The van der Waals surface area contributed by atoms with E-state index in [0.29, 0.717) is 15.2 Å². The number of aromatic nitrogens is 2. The average molecular weight is 509 g/mol. The van der Waals surface area contributed by atoms with Crippen LogP contribution in [0.5, 0.6) is 11.5 Å². The molecule has 0 aliphatic heterocycles. The predicted octanol–water partition coefficient (Wildman–Crippen LogP) is 3.81. The molecule has 1 amide bonds. The SMILES string of the molecule is CCSc1nnc(NC(=O)CN(c2cc(OC)ccc2OC)S(=O)(=O)c2ccc(C)cc2)s1. The van der Waals surface area contributed by atoms with Crippen molar-refractivity contribution in [2.24, 2.45) is 0 Å². The topological polar surface area (TPSA) is 111 Å². The van der Waals surface area contributed by atoms with Gasteiger partial charge in [-0.25, -0.2) is 8.42 Å². The van der Waals surface area contributed by atoms with Crippen LogP contribution in [0, 0.1) is 6.92 Å². The number of rotatable bonds is 10. The Balaban J connectivity index is 2.00. The molecule has 0 radical (unpaired) electrons. The molecule has 33 heavy (non-hydrogen) atoms. The summed E-state index contributed by atoms with van der Waals surface area (Å²) in [5.74, 6) is 0.943. The molecule has 0 unspecified atom stereocenters. The fraction of sp³-hybridized carbons (Fsp3) is 0.286. The minimum absolute atomic E-state index is 0.0447. The molecule has 3 rings (SSSR count). The second-order valence-corrected chi connectivity index (χ2v) is 11.1. The number of aryl methyl sites for hydroxylation is 1. The van der Waals surface area contributed by atoms with Crippen LogP contribution < -0.4 is 19.1 Å². The lowest BCUT2D eigenvalue weighted by molar-refractivity contribution is -0.114. The van der Waals surface area contributed by atoms with Crippen LogP contribution in [0.3, 0.4) is 0 Å². The van der Waals surface area contributed by atoms with E-state index in [1.54, 1.807) is 24.3 Å². The van der Waals surface area contributed by atoms with Crippen LogP contribution in [-0.2, 0) is 14.8 Å². The molecule has 0 fully saturated rings. The number of benzene rings is 2. The molecule has 1 heterocycles. The number of carbonyl (C=O) groups excluding carboxylic acids is 1. The first kappa shape index (κ1) is 24.8. The minimum atomic E-state index is -4.12. The van der Waals surface area contributed by atoms with E-state index >= 15 is 0 Å². The zero-order valence-corrected chi connectivity index (χ0v) is 21.0. The third-order valence-corrected chi connectivity index (χ3v) is 8.10. The van der Waals surface area contributed by atoms with E-state index in [1.807, 2.05) is 13.8 Å². The maximum Gasteiger partial charge on any atom is 0.264 e. The van der Waals surface area contributed by atoms with Gasteiger partial charge < -0.3 is 9.47 Å². The van der Waals surface area contributed by atoms with Crippen LogP contribution in [0.4, 0.5) is 10.8 Å². The van der Waals surface area contributed by atoms with Gasteiger partial charge in [-0.3, -0.25) is 14.4 Å². The van der Waals surface area contributed by atoms with Crippen molar-refractivity contribution >= 4 is 49.8 Å². The van der Waals surface area contributed by atoms with Crippen molar-refractivity contribution < 1.29 is 22.7 Å². The van der Waals surface area contributed by atoms with Gasteiger partial charge in [-0.05, 0) is 36.9 Å². The molecule has 176 valence electrons. The first-order chi connectivity index (χ1) is 15.8. The molecule has 1 aromatic heterocycles. The Kier molecular flexibility index (Phi) is 8.16. The summed E-state index contributed by atoms with van der Waals surface area (Å²) < 4.78 is 39.6. The Morgan fingerprint density at radius 2 is 1.85 bits per heavy atom. The van der Waals surface area contributed by atoms with Crippen LogP contribution in [0.1, 0.15) is 12.5 Å². The number of carbonyl (C=O) groups is 1. The zero-order chi connectivity index (χ0) is 24.0. The van der Waals surface area contributed by atoms with E-state index < -0.39 is 22.5 Å². The monoisotopic (exact) mass is 508 g/mol. The molecule has 0 saturated carbocycles. The van der Waals surface area contributed by atoms with Crippen molar-refractivity contribution in [3.8, 4) is 11.5 Å². The summed E-state index contributed by atoms with van der Waals surface area (Å²) in [5, 5.41) is 10.9. The molecule has 2 aromatic carbocycles. The van der Waals surface area contributed by atoms with Crippen molar-refractivity contribution in [1.82, 2.24) is 10.2 Å². The minimum Gasteiger partial charge on any atom is -0.497 e. The number of thioether (sulfide) groups is 1. The van der Waals surface area contributed by atoms with Gasteiger partial charge in [-0.1, -0.05) is 47.7 Å². The lowest BCUT2D eigenvalue weighted by atomic mass is 10.2. The van der Waals surface area contributed by atoms with Crippen LogP contribution in [0.15, 0.2) is 51.7 Å². The molecule has 3 aromatic rings. The van der Waals surface area contributed by atoms with Crippen molar-refractivity contribution in [1.29, 1.82) is 0 Å². The summed E-state index contributed by atoms with van der Waals surface area (Å²) in [6.07, 6.45) is 0. The van der Waals surface area contributed by atoms with Crippen LogP contribution in [-0.4, -0.2) is 51.0 Å². The van der Waals surface area contributed by atoms with Gasteiger partial charge in [0.15, 0.2) is 4.34 Å². The van der Waals surface area contributed by atoms with E-state index in [4.69, 9.17) is 9.47 Å². The standard InChI is InChI=1S/C21H24N4O5S3/c1-5-31-21-24-23-20(32-21)22-19(26)13-25(17-12-15(29-3)8-11-18(17)30-4)33(27,28)16-9-6-14(2)7-10-16/h6-12H,5,13H2,1-4H3,(H,22,23,26). The van der Waals surface area contributed by atoms with Gasteiger partial charge in [0, 0.05) is 6.07 Å². The van der Waals surface area contributed by atoms with E-state index in [9.17, 15) is 13.2 Å². The highest BCUT2D eigenvalue weighted by Crippen LogP contribution is 2.36. The summed E-state index contributed by atoms with van der Waals surface area (Å²) in [5.41, 5.74) is 1.08. The van der Waals surface area contributed by atoms with Crippen LogP contribution in [0.2, 0.25) is 0 Å². The van der Waals surface area contributed by atoms with Crippen molar-refractivity contribution in [2.75, 3.05) is 36.1 Å². The van der Waals surface area contributed by atoms with Gasteiger partial charge in [0.05, 0.1) is 24.8 Å². The number of hydrogen-bond acceptors (Lipinski definition) is 9. The number of nitrogens with zero attached hydrogens (tertiary/aromatic N) is 3. The summed E-state index contributed by atoms with van der Waals surface area (Å²) in [6.45, 7) is 3.34. The lowest BCUT2D eigenvalue weighted by Gasteiger charge is -2.26. The Morgan fingerprint density at radius 3 is 2.48 bits per heavy atom. The smallest absolute Gasteiger partial charge is 0.264 e. The van der Waals surface area contributed by atoms with E-state index in [1.165, 1.54) is 55.5 Å². The number of anilines is 2. The Labute approximate surface area is 201 Å². The third kappa shape index (κ3) is 5.95. The first-order valence-electron chi connectivity index (χ1n) is 9.86. The third-order valence-electron chi connectivity index (χ3n) is 4.47. The predicted molar refractivity (Wildman–Crippen MR) is 130 cm³/mol. The normalized spacial score (nSPS) is 11.2. The van der Waals surface area contributed by atoms with E-state index in [0.717, 1.165) is 15.6 Å². The lowest BCUT2D eigenvalue weighted by Crippen LogP contribution is -2.38. The van der Waals surface area contributed by atoms with Crippen molar-refractivity contribution in [3.05, 3.63) is 48.0 Å². The molecule has 0 atom stereocenters. The molecule has 0 aliphatic rings. The number of amides is 1. The maximum atomic E-state index is 13.6. The molecule has 12 heteroatoms. The summed E-state index contributed by atoms with van der Waals surface area (Å²) in [7, 11) is -1.22. The maximum absolute atomic E-state index is 13.6. The molecule has 0 bridgehead atoms. The highest BCUT2D eigenvalue weighted by atomic mass is 32.2. The van der Waals surface area contributed by atoms with Gasteiger partial charge in [0.1, 0.15) is 18.0 Å². The second kappa shape index (κ2) is 10.9. The largest absolute Gasteiger partial charge is 0.497 e. The van der Waals surface area contributed by atoms with Gasteiger partial charge in [0.2, 0.25) is 11.0 Å². The van der Waals surface area contributed by atoms with E-state index in [2.05, 4.69) is 15.5 Å². The van der Waals surface area contributed by atoms with Crippen molar-refractivity contribution in [2.45, 2.75) is 23.1 Å². The molecular weight excluding hydrogens is 484 g/mol. The molecule has 0 spiro atoms. The number of hydrogen-bond donors (Lipinski definition) is 1. The zero-order valence-electron chi connectivity index (χ0n) is 18.6. The summed E-state index contributed by atoms with van der Waals surface area (Å²) >= 11 is 2.73. The van der Waals surface area contributed by atoms with Crippen LogP contribution >= 0.6 is 23.1 Å². The summed E-state index contributed by atoms with van der Waals surface area (Å²) in [4.78, 5) is 12.9. The van der Waals surface area contributed by atoms with Gasteiger partial charge in [-0.2, -0.15) is 0 Å². The highest BCUT2D eigenvalue weighted by molar-refractivity contribution is 8.01. The quantitative estimate of drug-likeness (QED) is 0.325. The first-order valence-corrected chi connectivity index (χ1v) is 13.1. The Morgan fingerprint density at radius 1 is 1.12 bits per heavy atom. The number of nitrogens with one attached hydrogen (secondary N) is 1. The highest BCUT2D eigenvalue weighted by Gasteiger charge is 2.30. The van der Waals surface area contributed by atoms with Gasteiger partial charge in [0.25, 0.3) is 10.0 Å². The second-order valence-electron chi connectivity index (χ2n) is 6.72. The number of ether oxygens (including phenoxy) is 2. The van der Waals surface area contributed by atoms with Gasteiger partial charge in [-0.15, -0.1) is 10.2 Å². The molecule has 0 saturated heterocycles. The molecule has 9 nitrogen and oxygen atoms in total. The number of sulfonamides is 1. The van der Waals surface area contributed by atoms with Gasteiger partial charge >= 0.3 is 0 Å².